The van der Waals surface area contributed by atoms with Crippen molar-refractivity contribution in [2.24, 2.45) is 0 Å². The van der Waals surface area contributed by atoms with Crippen molar-refractivity contribution in [3.8, 4) is 17.1 Å². The van der Waals surface area contributed by atoms with Crippen molar-refractivity contribution in [2.45, 2.75) is 43.3 Å². The molecule has 4 aromatic carbocycles. The van der Waals surface area contributed by atoms with Crippen LogP contribution in [-0.2, 0) is 9.59 Å². The number of para-hydroxylation sites is 1. The molecule has 6 rings (SSSR count). The number of benzene rings is 4. The highest BCUT2D eigenvalue weighted by Crippen LogP contribution is 2.30. The van der Waals surface area contributed by atoms with Crippen LogP contribution in [0.15, 0.2) is 126 Å². The molecule has 234 valence electrons. The molecule has 1 aliphatic rings. The lowest BCUT2D eigenvalue weighted by atomic mass is 9.89. The first-order valence-electron chi connectivity index (χ1n) is 16.0. The van der Waals surface area contributed by atoms with E-state index in [9.17, 15) is 9.59 Å². The number of piperazine rings is 1. The Morgan fingerprint density at radius 1 is 0.761 bits per heavy atom. The Morgan fingerprint density at radius 2 is 1.35 bits per heavy atom. The Hall–Kier alpha value is -4.69. The van der Waals surface area contributed by atoms with E-state index in [1.54, 1.807) is 11.8 Å². The second-order valence-electron chi connectivity index (χ2n) is 11.6. The van der Waals surface area contributed by atoms with Gasteiger partial charge in [0.15, 0.2) is 11.0 Å². The van der Waals surface area contributed by atoms with Crippen LogP contribution in [0.25, 0.3) is 17.1 Å². The number of carbonyl (C=O) groups excluding carboxylic acids is 2. The number of aromatic nitrogens is 3. The molecule has 8 heteroatoms. The molecule has 1 aromatic heterocycles. The molecule has 46 heavy (non-hydrogen) atoms. The summed E-state index contributed by atoms with van der Waals surface area (Å²) in [6, 6.07) is 40.2. The molecule has 1 unspecified atom stereocenters. The molecule has 0 N–H and O–H groups in total. The smallest absolute Gasteiger partial charge is 0.234 e. The number of carbonyl (C=O) groups is 2. The molecule has 2 heterocycles. The average Bonchev–Trinajstić information content (AvgIpc) is 3.53. The summed E-state index contributed by atoms with van der Waals surface area (Å²) in [4.78, 5) is 31.1. The van der Waals surface area contributed by atoms with Crippen LogP contribution in [0.4, 0.5) is 0 Å². The number of rotatable bonds is 11. The van der Waals surface area contributed by atoms with Crippen molar-refractivity contribution in [1.82, 2.24) is 24.6 Å². The van der Waals surface area contributed by atoms with Crippen LogP contribution in [0.3, 0.4) is 0 Å². The zero-order valence-corrected chi connectivity index (χ0v) is 26.9. The molecule has 2 amide bonds. The third kappa shape index (κ3) is 7.23. The molecule has 0 bridgehead atoms. The first-order chi connectivity index (χ1) is 22.6. The molecular weight excluding hydrogens is 591 g/mol. The number of thioether (sulfide) groups is 1. The first-order valence-corrected chi connectivity index (χ1v) is 17.0. The number of amides is 2. The summed E-state index contributed by atoms with van der Waals surface area (Å²) in [5.74, 6) is 1.54. The SMILES string of the molecule is CC1CN(C(=O)CCCCSc2nnc(-c3ccccc3)n2-c2ccccc2)CCN1C(=O)C(c1ccccc1)c1ccccc1. The van der Waals surface area contributed by atoms with Gasteiger partial charge in [-0.1, -0.05) is 121 Å². The minimum atomic E-state index is -0.360. The summed E-state index contributed by atoms with van der Waals surface area (Å²) < 4.78 is 2.10. The lowest BCUT2D eigenvalue weighted by molar-refractivity contribution is -0.143. The van der Waals surface area contributed by atoms with Crippen molar-refractivity contribution < 1.29 is 9.59 Å². The molecule has 1 aliphatic heterocycles. The van der Waals surface area contributed by atoms with E-state index in [1.165, 1.54) is 0 Å². The average molecular weight is 630 g/mol. The van der Waals surface area contributed by atoms with Crippen LogP contribution in [0.5, 0.6) is 0 Å². The van der Waals surface area contributed by atoms with E-state index < -0.39 is 0 Å². The van der Waals surface area contributed by atoms with Gasteiger partial charge in [-0.15, -0.1) is 10.2 Å². The molecule has 0 radical (unpaired) electrons. The third-order valence-electron chi connectivity index (χ3n) is 8.47. The van der Waals surface area contributed by atoms with E-state index in [0.29, 0.717) is 26.1 Å². The van der Waals surface area contributed by atoms with Gasteiger partial charge in [0.05, 0.1) is 5.92 Å². The van der Waals surface area contributed by atoms with Gasteiger partial charge in [-0.05, 0) is 43.0 Å². The fourth-order valence-electron chi connectivity index (χ4n) is 6.09. The van der Waals surface area contributed by atoms with Crippen LogP contribution in [0, 0.1) is 0 Å². The van der Waals surface area contributed by atoms with Gasteiger partial charge in [0, 0.05) is 49.1 Å². The van der Waals surface area contributed by atoms with E-state index >= 15 is 0 Å². The quantitative estimate of drug-likeness (QED) is 0.115. The van der Waals surface area contributed by atoms with Crippen LogP contribution < -0.4 is 0 Å². The molecule has 1 saturated heterocycles. The van der Waals surface area contributed by atoms with Crippen LogP contribution in [-0.4, -0.2) is 67.8 Å². The molecule has 5 aromatic rings. The number of hydrogen-bond donors (Lipinski definition) is 0. The van der Waals surface area contributed by atoms with Gasteiger partial charge in [0.2, 0.25) is 11.8 Å². The maximum Gasteiger partial charge on any atom is 0.234 e. The summed E-state index contributed by atoms with van der Waals surface area (Å²) >= 11 is 1.67. The standard InChI is InChI=1S/C38H39N5O2S/c1-29-28-41(25-26-42(29)37(45)35(30-16-6-2-7-17-30)31-18-8-3-9-19-31)34(44)24-14-15-27-46-38-40-39-36(32-20-10-4-11-21-32)43(38)33-22-12-5-13-23-33/h2-13,16-23,29,35H,14-15,24-28H2,1H3. The molecular formula is C38H39N5O2S. The Balaban J connectivity index is 1.02. The van der Waals surface area contributed by atoms with Crippen LogP contribution >= 0.6 is 11.8 Å². The minimum Gasteiger partial charge on any atom is -0.339 e. The van der Waals surface area contributed by atoms with Gasteiger partial charge in [-0.3, -0.25) is 14.2 Å². The van der Waals surface area contributed by atoms with Crippen molar-refractivity contribution in [1.29, 1.82) is 0 Å². The fraction of sp³-hybridized carbons (Fsp3) is 0.263. The van der Waals surface area contributed by atoms with Gasteiger partial charge in [0.1, 0.15) is 0 Å². The van der Waals surface area contributed by atoms with Crippen molar-refractivity contribution in [3.05, 3.63) is 132 Å². The van der Waals surface area contributed by atoms with E-state index in [2.05, 4.69) is 26.9 Å². The van der Waals surface area contributed by atoms with Gasteiger partial charge in [0.25, 0.3) is 0 Å². The lowest BCUT2D eigenvalue weighted by Gasteiger charge is -2.41. The molecule has 0 spiro atoms. The number of nitrogens with zero attached hydrogens (tertiary/aromatic N) is 5. The zero-order chi connectivity index (χ0) is 31.7. The fourth-order valence-corrected chi connectivity index (χ4v) is 7.04. The zero-order valence-electron chi connectivity index (χ0n) is 26.1. The Morgan fingerprint density at radius 3 is 1.96 bits per heavy atom. The Bertz CT molecular complexity index is 1670. The second kappa shape index (κ2) is 15.1. The largest absolute Gasteiger partial charge is 0.339 e. The maximum atomic E-state index is 14.0. The highest BCUT2D eigenvalue weighted by Gasteiger charge is 2.34. The lowest BCUT2D eigenvalue weighted by Crippen LogP contribution is -2.56. The predicted octanol–water partition coefficient (Wildman–Crippen LogP) is 7.09. The van der Waals surface area contributed by atoms with Gasteiger partial charge in [-0.2, -0.15) is 0 Å². The van der Waals surface area contributed by atoms with Gasteiger partial charge < -0.3 is 9.80 Å². The summed E-state index contributed by atoms with van der Waals surface area (Å²) in [6.45, 7) is 3.70. The highest BCUT2D eigenvalue weighted by molar-refractivity contribution is 7.99. The predicted molar refractivity (Wildman–Crippen MR) is 184 cm³/mol. The molecule has 0 aliphatic carbocycles. The van der Waals surface area contributed by atoms with Crippen LogP contribution in [0.2, 0.25) is 0 Å². The summed E-state index contributed by atoms with van der Waals surface area (Å²) in [6.07, 6.45) is 2.19. The highest BCUT2D eigenvalue weighted by atomic mass is 32.2. The van der Waals surface area contributed by atoms with E-state index in [1.807, 2.05) is 126 Å². The van der Waals surface area contributed by atoms with Crippen molar-refractivity contribution in [3.63, 3.8) is 0 Å². The molecule has 1 fully saturated rings. The first kappa shape index (κ1) is 31.3. The number of unbranched alkanes of at least 4 members (excludes halogenated alkanes) is 1. The topological polar surface area (TPSA) is 71.3 Å². The number of hydrogen-bond acceptors (Lipinski definition) is 5. The molecule has 1 atom stereocenters. The normalized spacial score (nSPS) is 14.9. The Labute approximate surface area is 275 Å². The van der Waals surface area contributed by atoms with E-state index in [-0.39, 0.29) is 23.8 Å². The third-order valence-corrected chi connectivity index (χ3v) is 9.49. The second-order valence-corrected chi connectivity index (χ2v) is 12.7. The monoisotopic (exact) mass is 629 g/mol. The van der Waals surface area contributed by atoms with Crippen molar-refractivity contribution >= 4 is 23.6 Å². The van der Waals surface area contributed by atoms with E-state index in [4.69, 9.17) is 0 Å². The van der Waals surface area contributed by atoms with Crippen LogP contribution in [0.1, 0.15) is 43.2 Å². The maximum absolute atomic E-state index is 14.0. The summed E-state index contributed by atoms with van der Waals surface area (Å²) in [7, 11) is 0. The minimum absolute atomic E-state index is 0.0566. The Kier molecular flexibility index (Phi) is 10.2. The molecule has 0 saturated carbocycles. The van der Waals surface area contributed by atoms with Crippen molar-refractivity contribution in [2.75, 3.05) is 25.4 Å². The molecule has 7 nitrogen and oxygen atoms in total. The van der Waals surface area contributed by atoms with E-state index in [0.717, 1.165) is 52.0 Å². The van der Waals surface area contributed by atoms with Gasteiger partial charge in [-0.25, -0.2) is 0 Å². The summed E-state index contributed by atoms with van der Waals surface area (Å²) in [5.41, 5.74) is 4.01. The summed E-state index contributed by atoms with van der Waals surface area (Å²) in [5, 5.41) is 9.89. The van der Waals surface area contributed by atoms with Gasteiger partial charge >= 0.3 is 0 Å².